The third kappa shape index (κ3) is 4.25. The van der Waals surface area contributed by atoms with Crippen molar-refractivity contribution < 1.29 is 14.3 Å². The fraction of sp³-hybridized carbons (Fsp3) is 0.143. The first-order valence-corrected chi connectivity index (χ1v) is 6.49. The summed E-state index contributed by atoms with van der Waals surface area (Å²) in [5, 5.41) is 5.33. The fourth-order valence-electron chi connectivity index (χ4n) is 1.56. The molecule has 6 nitrogen and oxygen atoms in total. The van der Waals surface area contributed by atoms with Crippen LogP contribution in [0.2, 0.25) is 5.15 Å². The maximum atomic E-state index is 11.7. The Bertz CT molecular complexity index is 622. The van der Waals surface area contributed by atoms with Crippen molar-refractivity contribution in [3.05, 3.63) is 47.7 Å². The Morgan fingerprint density at radius 1 is 1.24 bits per heavy atom. The van der Waals surface area contributed by atoms with Crippen molar-refractivity contribution in [3.8, 4) is 11.5 Å². The number of halogens is 1. The number of para-hydroxylation sites is 2. The molecule has 0 aliphatic heterocycles. The van der Waals surface area contributed by atoms with Gasteiger partial charge in [0, 0.05) is 6.20 Å². The maximum Gasteiger partial charge on any atom is 0.321 e. The van der Waals surface area contributed by atoms with Gasteiger partial charge in [-0.3, -0.25) is 0 Å². The first-order chi connectivity index (χ1) is 10.2. The Morgan fingerprint density at radius 3 is 2.71 bits per heavy atom. The predicted molar refractivity (Wildman–Crippen MR) is 79.9 cm³/mol. The summed E-state index contributed by atoms with van der Waals surface area (Å²) in [5.41, 5.74) is 0.425. The zero-order valence-corrected chi connectivity index (χ0v) is 12.1. The Morgan fingerprint density at radius 2 is 2.00 bits per heavy atom. The Balaban J connectivity index is 1.83. The lowest BCUT2D eigenvalue weighted by Crippen LogP contribution is -2.32. The molecular weight excluding hydrogens is 294 g/mol. The van der Waals surface area contributed by atoms with Crippen molar-refractivity contribution in [2.75, 3.05) is 19.2 Å². The molecule has 2 amide bonds. The van der Waals surface area contributed by atoms with Crippen LogP contribution in [0.1, 0.15) is 0 Å². The standard InChI is InChI=1S/C14H14ClN3O3/c1-20-11-6-2-3-7-12(11)21-9-17-14(19)18-10-5-4-8-16-13(10)15/h2-8H,9H2,1H3,(H2,17,18,19). The van der Waals surface area contributed by atoms with Gasteiger partial charge in [-0.1, -0.05) is 23.7 Å². The summed E-state index contributed by atoms with van der Waals surface area (Å²) < 4.78 is 10.6. The summed E-state index contributed by atoms with van der Waals surface area (Å²) in [4.78, 5) is 15.5. The number of methoxy groups -OCH3 is 1. The lowest BCUT2D eigenvalue weighted by Gasteiger charge is -2.12. The van der Waals surface area contributed by atoms with E-state index in [2.05, 4.69) is 15.6 Å². The largest absolute Gasteiger partial charge is 0.493 e. The number of hydrogen-bond acceptors (Lipinski definition) is 4. The van der Waals surface area contributed by atoms with Gasteiger partial charge in [-0.25, -0.2) is 9.78 Å². The number of nitrogens with zero attached hydrogens (tertiary/aromatic N) is 1. The second kappa shape index (κ2) is 7.35. The number of amides is 2. The molecule has 110 valence electrons. The van der Waals surface area contributed by atoms with E-state index in [1.165, 1.54) is 6.20 Å². The van der Waals surface area contributed by atoms with Crippen LogP contribution in [0.4, 0.5) is 10.5 Å². The summed E-state index contributed by atoms with van der Waals surface area (Å²) in [6.07, 6.45) is 1.54. The normalized spacial score (nSPS) is 9.81. The lowest BCUT2D eigenvalue weighted by atomic mass is 10.3. The van der Waals surface area contributed by atoms with Crippen LogP contribution in [0, 0.1) is 0 Å². The van der Waals surface area contributed by atoms with E-state index in [1.54, 1.807) is 31.4 Å². The van der Waals surface area contributed by atoms with E-state index < -0.39 is 6.03 Å². The molecule has 1 aromatic heterocycles. The van der Waals surface area contributed by atoms with Gasteiger partial charge < -0.3 is 20.1 Å². The number of rotatable bonds is 5. The molecular formula is C14H14ClN3O3. The molecule has 21 heavy (non-hydrogen) atoms. The van der Waals surface area contributed by atoms with Crippen molar-refractivity contribution >= 4 is 23.3 Å². The molecule has 0 bridgehead atoms. The average molecular weight is 308 g/mol. The van der Waals surface area contributed by atoms with Gasteiger partial charge in [0.2, 0.25) is 0 Å². The minimum Gasteiger partial charge on any atom is -0.493 e. The number of urea groups is 1. The number of ether oxygens (including phenoxy) is 2. The molecule has 0 unspecified atom stereocenters. The number of carbonyl (C=O) groups is 1. The number of hydrogen-bond donors (Lipinski definition) is 2. The first kappa shape index (κ1) is 14.9. The minimum atomic E-state index is -0.445. The number of benzene rings is 1. The Labute approximate surface area is 127 Å². The summed E-state index contributed by atoms with van der Waals surface area (Å²) in [6.45, 7) is -0.00983. The summed E-state index contributed by atoms with van der Waals surface area (Å²) in [6, 6.07) is 10.0. The topological polar surface area (TPSA) is 72.5 Å². The molecule has 0 aliphatic carbocycles. The van der Waals surface area contributed by atoms with E-state index in [-0.39, 0.29) is 11.9 Å². The zero-order valence-electron chi connectivity index (χ0n) is 11.3. The molecule has 0 spiro atoms. The number of aromatic nitrogens is 1. The van der Waals surface area contributed by atoms with Gasteiger partial charge in [0.05, 0.1) is 12.8 Å². The molecule has 0 saturated heterocycles. The summed E-state index contributed by atoms with van der Waals surface area (Å²) >= 11 is 5.84. The molecule has 2 rings (SSSR count). The van der Waals surface area contributed by atoms with E-state index in [4.69, 9.17) is 21.1 Å². The van der Waals surface area contributed by atoms with Gasteiger partial charge >= 0.3 is 6.03 Å². The van der Waals surface area contributed by atoms with E-state index in [1.807, 2.05) is 12.1 Å². The number of nitrogens with one attached hydrogen (secondary N) is 2. The molecule has 7 heteroatoms. The van der Waals surface area contributed by atoms with Crippen molar-refractivity contribution in [1.29, 1.82) is 0 Å². The van der Waals surface area contributed by atoms with E-state index in [0.29, 0.717) is 17.2 Å². The van der Waals surface area contributed by atoms with E-state index in [9.17, 15) is 4.79 Å². The number of pyridine rings is 1. The van der Waals surface area contributed by atoms with Gasteiger partial charge in [-0.2, -0.15) is 0 Å². The van der Waals surface area contributed by atoms with Gasteiger partial charge in [-0.15, -0.1) is 0 Å². The minimum absolute atomic E-state index is 0.00983. The lowest BCUT2D eigenvalue weighted by molar-refractivity contribution is 0.231. The van der Waals surface area contributed by atoms with Crippen molar-refractivity contribution in [3.63, 3.8) is 0 Å². The second-order valence-corrected chi connectivity index (χ2v) is 4.27. The van der Waals surface area contributed by atoms with Crippen molar-refractivity contribution in [2.45, 2.75) is 0 Å². The van der Waals surface area contributed by atoms with Gasteiger partial charge in [-0.05, 0) is 24.3 Å². The SMILES string of the molecule is COc1ccccc1OCNC(=O)Nc1cccnc1Cl. The third-order valence-corrected chi connectivity index (χ3v) is 2.84. The van der Waals surface area contributed by atoms with Gasteiger partial charge in [0.15, 0.2) is 23.4 Å². The molecule has 2 aromatic rings. The van der Waals surface area contributed by atoms with Gasteiger partial charge in [0.1, 0.15) is 0 Å². The Hall–Kier alpha value is -2.47. The average Bonchev–Trinajstić information content (AvgIpc) is 2.50. The van der Waals surface area contributed by atoms with Gasteiger partial charge in [0.25, 0.3) is 0 Å². The number of carbonyl (C=O) groups excluding carboxylic acids is 1. The third-order valence-electron chi connectivity index (χ3n) is 2.54. The second-order valence-electron chi connectivity index (χ2n) is 3.91. The monoisotopic (exact) mass is 307 g/mol. The highest BCUT2D eigenvalue weighted by molar-refractivity contribution is 6.32. The highest BCUT2D eigenvalue weighted by atomic mass is 35.5. The molecule has 1 aromatic carbocycles. The summed E-state index contributed by atoms with van der Waals surface area (Å²) in [7, 11) is 1.55. The van der Waals surface area contributed by atoms with Crippen LogP contribution >= 0.6 is 11.6 Å². The molecule has 0 aliphatic rings. The number of anilines is 1. The molecule has 0 fully saturated rings. The van der Waals surface area contributed by atoms with Crippen LogP contribution in [0.25, 0.3) is 0 Å². The van der Waals surface area contributed by atoms with Crippen LogP contribution in [0.5, 0.6) is 11.5 Å². The molecule has 0 saturated carbocycles. The van der Waals surface area contributed by atoms with Crippen LogP contribution in [0.3, 0.4) is 0 Å². The van der Waals surface area contributed by atoms with E-state index in [0.717, 1.165) is 0 Å². The predicted octanol–water partition coefficient (Wildman–Crippen LogP) is 2.90. The molecule has 0 radical (unpaired) electrons. The van der Waals surface area contributed by atoms with E-state index >= 15 is 0 Å². The highest BCUT2D eigenvalue weighted by Gasteiger charge is 2.06. The molecule has 0 atom stereocenters. The highest BCUT2D eigenvalue weighted by Crippen LogP contribution is 2.25. The Kier molecular flexibility index (Phi) is 5.22. The first-order valence-electron chi connectivity index (χ1n) is 6.12. The van der Waals surface area contributed by atoms with Crippen molar-refractivity contribution in [2.24, 2.45) is 0 Å². The molecule has 2 N–H and O–H groups in total. The maximum absolute atomic E-state index is 11.7. The van der Waals surface area contributed by atoms with Crippen molar-refractivity contribution in [1.82, 2.24) is 10.3 Å². The molecule has 1 heterocycles. The van der Waals surface area contributed by atoms with Crippen LogP contribution in [-0.4, -0.2) is 24.9 Å². The zero-order chi connectivity index (χ0) is 15.1. The van der Waals surface area contributed by atoms with Crippen LogP contribution in [0.15, 0.2) is 42.6 Å². The smallest absolute Gasteiger partial charge is 0.321 e. The quantitative estimate of drug-likeness (QED) is 0.658. The summed E-state index contributed by atoms with van der Waals surface area (Å²) in [5.74, 6) is 1.13. The van der Waals surface area contributed by atoms with Crippen LogP contribution < -0.4 is 20.1 Å². The fourth-order valence-corrected chi connectivity index (χ4v) is 1.73. The van der Waals surface area contributed by atoms with Crippen LogP contribution in [-0.2, 0) is 0 Å².